The lowest BCUT2D eigenvalue weighted by Crippen LogP contribution is -2.49. The number of nitro benzene ring substituents is 2. The van der Waals surface area contributed by atoms with Crippen LogP contribution in [0.2, 0.25) is 0 Å². The van der Waals surface area contributed by atoms with Crippen molar-refractivity contribution in [3.63, 3.8) is 0 Å². The van der Waals surface area contributed by atoms with Gasteiger partial charge in [0.15, 0.2) is 5.84 Å². The highest BCUT2D eigenvalue weighted by Crippen LogP contribution is 2.37. The number of likely N-dealkylation sites (N-methyl/N-ethyl adjacent to an activating group) is 1. The quantitative estimate of drug-likeness (QED) is 0.653. The van der Waals surface area contributed by atoms with Crippen LogP contribution in [0.3, 0.4) is 0 Å². The van der Waals surface area contributed by atoms with Gasteiger partial charge in [-0.25, -0.2) is 0 Å². The van der Waals surface area contributed by atoms with Gasteiger partial charge in [0, 0.05) is 42.5 Å². The van der Waals surface area contributed by atoms with Crippen LogP contribution in [0.15, 0.2) is 47.6 Å². The second-order valence-corrected chi connectivity index (χ2v) is 6.35. The lowest BCUT2D eigenvalue weighted by Gasteiger charge is -2.43. The monoisotopic (exact) mass is 368 g/mol. The zero-order valence-corrected chi connectivity index (χ0v) is 14.4. The molecule has 1 N–H and O–H groups in total. The number of nitrogens with zero attached hydrogens (tertiary/aromatic N) is 5. The van der Waals surface area contributed by atoms with Crippen molar-refractivity contribution in [1.82, 2.24) is 9.91 Å². The number of hydrogen-bond donors (Lipinski definition) is 1. The summed E-state index contributed by atoms with van der Waals surface area (Å²) in [4.78, 5) is 23.0. The van der Waals surface area contributed by atoms with Crippen LogP contribution < -0.4 is 5.32 Å². The van der Waals surface area contributed by atoms with Gasteiger partial charge in [-0.05, 0) is 18.2 Å². The fourth-order valence-corrected chi connectivity index (χ4v) is 3.39. The van der Waals surface area contributed by atoms with Gasteiger partial charge in [-0.15, -0.1) is 0 Å². The number of anilines is 1. The van der Waals surface area contributed by atoms with Gasteiger partial charge >= 0.3 is 11.4 Å². The first-order valence-electron chi connectivity index (χ1n) is 8.31. The number of amidine groups is 1. The van der Waals surface area contributed by atoms with Crippen molar-refractivity contribution in [2.24, 2.45) is 5.10 Å². The molecule has 0 fully saturated rings. The number of rotatable bonds is 3. The van der Waals surface area contributed by atoms with E-state index < -0.39 is 27.4 Å². The average Bonchev–Trinajstić information content (AvgIpc) is 2.66. The van der Waals surface area contributed by atoms with Crippen molar-refractivity contribution in [2.75, 3.05) is 25.5 Å². The molecule has 10 heteroatoms. The Hall–Kier alpha value is -3.69. The number of hydrazone groups is 1. The second kappa shape index (κ2) is 6.24. The summed E-state index contributed by atoms with van der Waals surface area (Å²) in [5, 5.41) is 32.3. The Kier molecular flexibility index (Phi) is 3.87. The van der Waals surface area contributed by atoms with Gasteiger partial charge < -0.3 is 10.2 Å². The zero-order chi connectivity index (χ0) is 19.1. The molecule has 2 aromatic carbocycles. The van der Waals surface area contributed by atoms with Crippen molar-refractivity contribution in [1.29, 1.82) is 0 Å². The van der Waals surface area contributed by atoms with Gasteiger partial charge in [-0.3, -0.25) is 25.2 Å². The summed E-state index contributed by atoms with van der Waals surface area (Å²) in [7, 11) is 1.89. The number of nitrogens with one attached hydrogen (secondary N) is 1. The van der Waals surface area contributed by atoms with Crippen LogP contribution in [0.5, 0.6) is 0 Å². The zero-order valence-electron chi connectivity index (χ0n) is 14.4. The number of nitro groups is 2. The lowest BCUT2D eigenvalue weighted by atomic mass is 10.0. The minimum Gasteiger partial charge on any atom is -0.361 e. The highest BCUT2D eigenvalue weighted by molar-refractivity contribution is 6.05. The van der Waals surface area contributed by atoms with Gasteiger partial charge in [0.1, 0.15) is 6.17 Å². The molecule has 0 spiro atoms. The van der Waals surface area contributed by atoms with E-state index in [-0.39, 0.29) is 0 Å². The van der Waals surface area contributed by atoms with Crippen molar-refractivity contribution < 1.29 is 9.85 Å². The highest BCUT2D eigenvalue weighted by Gasteiger charge is 2.35. The van der Waals surface area contributed by atoms with E-state index in [0.29, 0.717) is 18.7 Å². The molecule has 2 aliphatic heterocycles. The van der Waals surface area contributed by atoms with E-state index in [1.807, 2.05) is 41.2 Å². The van der Waals surface area contributed by atoms with Gasteiger partial charge in [0.25, 0.3) is 0 Å². The van der Waals surface area contributed by atoms with E-state index in [4.69, 9.17) is 0 Å². The SMILES string of the molecule is CN1CCN2C(=N1)c1ccccc1NC2c1ccc([N+](=O)[O-])c([N+](=O)[O-])c1. The Morgan fingerprint density at radius 1 is 1.07 bits per heavy atom. The van der Waals surface area contributed by atoms with Crippen molar-refractivity contribution in [2.45, 2.75) is 6.17 Å². The number of fused-ring (bicyclic) bond motifs is 3. The average molecular weight is 368 g/mol. The predicted octanol–water partition coefficient (Wildman–Crippen LogP) is 2.54. The largest absolute Gasteiger partial charge is 0.361 e. The summed E-state index contributed by atoms with van der Waals surface area (Å²) < 4.78 is 0. The van der Waals surface area contributed by atoms with Crippen LogP contribution in [0.1, 0.15) is 17.3 Å². The van der Waals surface area contributed by atoms with Crippen molar-refractivity contribution in [3.8, 4) is 0 Å². The van der Waals surface area contributed by atoms with Crippen molar-refractivity contribution >= 4 is 22.9 Å². The van der Waals surface area contributed by atoms with Gasteiger partial charge in [-0.2, -0.15) is 5.10 Å². The van der Waals surface area contributed by atoms with E-state index in [1.165, 1.54) is 12.1 Å². The first kappa shape index (κ1) is 16.8. The van der Waals surface area contributed by atoms with E-state index in [1.54, 1.807) is 6.07 Å². The molecule has 10 nitrogen and oxygen atoms in total. The predicted molar refractivity (Wildman–Crippen MR) is 98.4 cm³/mol. The standard InChI is InChI=1S/C17H16N6O4/c1-20-8-9-21-16(18-13-5-3-2-4-12(13)17(21)19-20)11-6-7-14(22(24)25)15(10-11)23(26)27/h2-7,10,16,18H,8-9H2,1H3. The summed E-state index contributed by atoms with van der Waals surface area (Å²) in [6.07, 6.45) is -0.410. The minimum absolute atomic E-state index is 0.410. The normalized spacial score (nSPS) is 18.1. The molecule has 138 valence electrons. The fourth-order valence-electron chi connectivity index (χ4n) is 3.39. The summed E-state index contributed by atoms with van der Waals surface area (Å²) in [6, 6.07) is 11.7. The Labute approximate surface area is 154 Å². The Balaban J connectivity index is 1.83. The Morgan fingerprint density at radius 2 is 1.81 bits per heavy atom. The summed E-state index contributed by atoms with van der Waals surface area (Å²) in [5.74, 6) is 0.768. The molecule has 2 aliphatic rings. The minimum atomic E-state index is -0.742. The number of para-hydroxylation sites is 1. The fraction of sp³-hybridized carbons (Fsp3) is 0.235. The van der Waals surface area contributed by atoms with Crippen LogP contribution in [-0.2, 0) is 0 Å². The molecule has 1 unspecified atom stereocenters. The molecule has 27 heavy (non-hydrogen) atoms. The molecule has 0 amide bonds. The molecular weight excluding hydrogens is 352 g/mol. The molecule has 2 heterocycles. The maximum atomic E-state index is 11.3. The third-order valence-corrected chi connectivity index (χ3v) is 4.68. The molecule has 0 radical (unpaired) electrons. The molecule has 1 atom stereocenters. The van der Waals surface area contributed by atoms with Gasteiger partial charge in [0.05, 0.1) is 16.4 Å². The van der Waals surface area contributed by atoms with E-state index in [9.17, 15) is 20.2 Å². The molecular formula is C17H16N6O4. The number of hydrogen-bond acceptors (Lipinski definition) is 8. The van der Waals surface area contributed by atoms with Crippen LogP contribution in [0.25, 0.3) is 0 Å². The van der Waals surface area contributed by atoms with Crippen LogP contribution in [0.4, 0.5) is 17.1 Å². The van der Waals surface area contributed by atoms with Gasteiger partial charge in [0.2, 0.25) is 0 Å². The molecule has 0 aliphatic carbocycles. The first-order valence-corrected chi connectivity index (χ1v) is 8.31. The smallest absolute Gasteiger partial charge is 0.346 e. The maximum absolute atomic E-state index is 11.3. The molecule has 2 aromatic rings. The Bertz CT molecular complexity index is 976. The summed E-state index contributed by atoms with van der Waals surface area (Å²) in [5.41, 5.74) is 1.32. The molecule has 0 aromatic heterocycles. The van der Waals surface area contributed by atoms with E-state index in [2.05, 4.69) is 10.4 Å². The Morgan fingerprint density at radius 3 is 2.56 bits per heavy atom. The summed E-state index contributed by atoms with van der Waals surface area (Å²) in [6.45, 7) is 1.35. The first-order chi connectivity index (χ1) is 13.0. The molecule has 0 saturated carbocycles. The second-order valence-electron chi connectivity index (χ2n) is 6.35. The highest BCUT2D eigenvalue weighted by atomic mass is 16.6. The molecule has 4 rings (SSSR count). The summed E-state index contributed by atoms with van der Waals surface area (Å²) >= 11 is 0. The van der Waals surface area contributed by atoms with E-state index >= 15 is 0 Å². The maximum Gasteiger partial charge on any atom is 0.346 e. The topological polar surface area (TPSA) is 117 Å². The molecule has 0 saturated heterocycles. The van der Waals surface area contributed by atoms with Gasteiger partial charge in [-0.1, -0.05) is 12.1 Å². The van der Waals surface area contributed by atoms with Crippen LogP contribution >= 0.6 is 0 Å². The van der Waals surface area contributed by atoms with Crippen LogP contribution in [-0.4, -0.2) is 45.7 Å². The van der Waals surface area contributed by atoms with Crippen molar-refractivity contribution in [3.05, 3.63) is 73.8 Å². The lowest BCUT2D eigenvalue weighted by molar-refractivity contribution is -0.422. The third-order valence-electron chi connectivity index (χ3n) is 4.68. The van der Waals surface area contributed by atoms with E-state index in [0.717, 1.165) is 17.1 Å². The molecule has 0 bridgehead atoms. The van der Waals surface area contributed by atoms with Crippen LogP contribution in [0, 0.1) is 20.2 Å². The third kappa shape index (κ3) is 2.80. The number of benzene rings is 2.